The monoisotopic (exact) mass is 592 g/mol. The van der Waals surface area contributed by atoms with Crippen molar-refractivity contribution in [2.45, 2.75) is 38.8 Å². The van der Waals surface area contributed by atoms with Crippen molar-refractivity contribution in [1.29, 1.82) is 10.5 Å². The Morgan fingerprint density at radius 3 is 2.49 bits per heavy atom. The number of aliphatic carboxylic acids is 1. The number of halogens is 1. The van der Waals surface area contributed by atoms with E-state index in [1.807, 2.05) is 6.07 Å². The molecular formula is C28H25BrN4O6. The van der Waals surface area contributed by atoms with Crippen molar-refractivity contribution in [2.24, 2.45) is 0 Å². The van der Waals surface area contributed by atoms with Crippen molar-refractivity contribution in [3.63, 3.8) is 0 Å². The normalized spacial score (nSPS) is 12.2. The minimum absolute atomic E-state index is 0.180. The van der Waals surface area contributed by atoms with E-state index in [2.05, 4.69) is 27.3 Å². The van der Waals surface area contributed by atoms with Crippen LogP contribution >= 0.6 is 15.9 Å². The standard InChI is InChI=1S/C28H25BrN4O6/c1-28(2,3)39-27(37)32-22(26(35)36)12-25(34)33-15-21(20-11-19(29)6-7-23(20)33)18(14-31)10-17-9-16(13-30)5-8-24(17)38-4/h5-11,15,22H,12H2,1-4H3,(H,32,37)(H,35,36)/b18-10+. The maximum atomic E-state index is 13.3. The molecule has 1 heterocycles. The fourth-order valence-corrected chi connectivity index (χ4v) is 4.15. The first-order valence-electron chi connectivity index (χ1n) is 11.6. The number of fused-ring (bicyclic) bond motifs is 1. The number of carboxylic acid groups (broad SMARTS) is 1. The van der Waals surface area contributed by atoms with Crippen LogP contribution in [0.2, 0.25) is 0 Å². The quantitative estimate of drug-likeness (QED) is 0.347. The predicted octanol–water partition coefficient (Wildman–Crippen LogP) is 5.36. The number of nitrogens with zero attached hydrogens (tertiary/aromatic N) is 3. The van der Waals surface area contributed by atoms with Crippen molar-refractivity contribution >= 4 is 56.5 Å². The van der Waals surface area contributed by atoms with Gasteiger partial charge >= 0.3 is 12.1 Å². The third-order valence-corrected chi connectivity index (χ3v) is 5.97. The number of methoxy groups -OCH3 is 1. The number of alkyl carbamates (subject to hydrolysis) is 1. The third kappa shape index (κ3) is 7.03. The summed E-state index contributed by atoms with van der Waals surface area (Å²) in [6.07, 6.45) is 1.46. The molecule has 1 amide bonds. The van der Waals surface area contributed by atoms with Crippen molar-refractivity contribution in [2.75, 3.05) is 7.11 Å². The lowest BCUT2D eigenvalue weighted by atomic mass is 10.0. The second kappa shape index (κ2) is 11.8. The van der Waals surface area contributed by atoms with E-state index in [9.17, 15) is 30.0 Å². The summed E-state index contributed by atoms with van der Waals surface area (Å²) in [5.74, 6) is -1.59. The van der Waals surface area contributed by atoms with Crippen LogP contribution in [0, 0.1) is 22.7 Å². The molecule has 0 aliphatic rings. The average Bonchev–Trinajstić information content (AvgIpc) is 3.24. The van der Waals surface area contributed by atoms with E-state index in [-0.39, 0.29) is 5.57 Å². The molecule has 1 aromatic heterocycles. The first kappa shape index (κ1) is 29.0. The number of hydrogen-bond donors (Lipinski definition) is 2. The SMILES string of the molecule is COc1ccc(C#N)cc1/C=C(\C#N)c1cn(C(=O)CC(NC(=O)OC(C)(C)C)C(=O)O)c2ccc(Br)cc12. The number of aromatic nitrogens is 1. The summed E-state index contributed by atoms with van der Waals surface area (Å²) in [6.45, 7) is 4.89. The van der Waals surface area contributed by atoms with Crippen molar-refractivity contribution in [1.82, 2.24) is 9.88 Å². The van der Waals surface area contributed by atoms with Gasteiger partial charge in [0.1, 0.15) is 17.4 Å². The number of allylic oxidation sites excluding steroid dienone is 1. The average molecular weight is 593 g/mol. The number of ether oxygens (including phenoxy) is 2. The van der Waals surface area contributed by atoms with Gasteiger partial charge in [0.15, 0.2) is 0 Å². The van der Waals surface area contributed by atoms with Gasteiger partial charge in [-0.15, -0.1) is 0 Å². The molecule has 0 radical (unpaired) electrons. The molecule has 39 heavy (non-hydrogen) atoms. The summed E-state index contributed by atoms with van der Waals surface area (Å²) in [4.78, 5) is 37.3. The lowest BCUT2D eigenvalue weighted by molar-refractivity contribution is -0.139. The fraction of sp³-hybridized carbons (Fsp3) is 0.250. The van der Waals surface area contributed by atoms with Gasteiger partial charge in [-0.05, 0) is 63.2 Å². The van der Waals surface area contributed by atoms with Gasteiger partial charge in [-0.25, -0.2) is 9.59 Å². The van der Waals surface area contributed by atoms with E-state index in [0.717, 1.165) is 0 Å². The summed E-state index contributed by atoms with van der Waals surface area (Å²) >= 11 is 3.41. The molecule has 3 aromatic rings. The van der Waals surface area contributed by atoms with Gasteiger partial charge in [0, 0.05) is 27.2 Å². The zero-order chi connectivity index (χ0) is 28.9. The maximum Gasteiger partial charge on any atom is 0.408 e. The number of carbonyl (C=O) groups excluding carboxylic acids is 2. The number of nitrogens with one attached hydrogen (secondary N) is 1. The van der Waals surface area contributed by atoms with E-state index in [1.54, 1.807) is 63.2 Å². The summed E-state index contributed by atoms with van der Waals surface area (Å²) in [6, 6.07) is 12.5. The summed E-state index contributed by atoms with van der Waals surface area (Å²) < 4.78 is 12.4. The van der Waals surface area contributed by atoms with E-state index in [1.165, 1.54) is 17.9 Å². The molecular weight excluding hydrogens is 568 g/mol. The van der Waals surface area contributed by atoms with Gasteiger partial charge < -0.3 is 19.9 Å². The zero-order valence-electron chi connectivity index (χ0n) is 21.6. The van der Waals surface area contributed by atoms with Crippen molar-refractivity contribution in [3.05, 3.63) is 63.8 Å². The number of amides is 1. The Kier molecular flexibility index (Phi) is 8.79. The van der Waals surface area contributed by atoms with E-state index < -0.39 is 36.0 Å². The molecule has 0 bridgehead atoms. The number of rotatable bonds is 7. The molecule has 0 spiro atoms. The second-order valence-corrected chi connectivity index (χ2v) is 10.4. The Bertz CT molecular complexity index is 1570. The van der Waals surface area contributed by atoms with Crippen LogP contribution in [-0.2, 0) is 9.53 Å². The lowest BCUT2D eigenvalue weighted by Crippen LogP contribution is -2.45. The van der Waals surface area contributed by atoms with Gasteiger partial charge in [0.25, 0.3) is 0 Å². The minimum Gasteiger partial charge on any atom is -0.496 e. The van der Waals surface area contributed by atoms with Gasteiger partial charge in [-0.3, -0.25) is 9.36 Å². The minimum atomic E-state index is -1.55. The largest absolute Gasteiger partial charge is 0.496 e. The van der Waals surface area contributed by atoms with Crippen LogP contribution in [0.5, 0.6) is 5.75 Å². The maximum absolute atomic E-state index is 13.3. The zero-order valence-corrected chi connectivity index (χ0v) is 23.2. The Morgan fingerprint density at radius 1 is 1.18 bits per heavy atom. The molecule has 0 saturated heterocycles. The fourth-order valence-electron chi connectivity index (χ4n) is 3.79. The first-order chi connectivity index (χ1) is 18.4. The second-order valence-electron chi connectivity index (χ2n) is 9.45. The highest BCUT2D eigenvalue weighted by atomic mass is 79.9. The molecule has 0 aliphatic carbocycles. The predicted molar refractivity (Wildman–Crippen MR) is 147 cm³/mol. The van der Waals surface area contributed by atoms with Crippen LogP contribution in [-0.4, -0.2) is 46.4 Å². The lowest BCUT2D eigenvalue weighted by Gasteiger charge is -2.21. The van der Waals surface area contributed by atoms with Crippen LogP contribution in [0.4, 0.5) is 4.79 Å². The van der Waals surface area contributed by atoms with Crippen LogP contribution in [0.3, 0.4) is 0 Å². The third-order valence-electron chi connectivity index (χ3n) is 5.47. The summed E-state index contributed by atoms with van der Waals surface area (Å²) in [5, 5.41) is 31.7. The van der Waals surface area contributed by atoms with E-state index in [0.29, 0.717) is 37.8 Å². The molecule has 0 aliphatic heterocycles. The van der Waals surface area contributed by atoms with Gasteiger partial charge in [-0.2, -0.15) is 10.5 Å². The Labute approximate surface area is 233 Å². The summed E-state index contributed by atoms with van der Waals surface area (Å²) in [5.41, 5.74) is 1.02. The van der Waals surface area contributed by atoms with Crippen LogP contribution < -0.4 is 10.1 Å². The number of nitriles is 2. The van der Waals surface area contributed by atoms with Crippen LogP contribution in [0.15, 0.2) is 47.1 Å². The highest BCUT2D eigenvalue weighted by Crippen LogP contribution is 2.33. The van der Waals surface area contributed by atoms with Crippen molar-refractivity contribution < 1.29 is 29.0 Å². The molecule has 2 N–H and O–H groups in total. The molecule has 1 unspecified atom stereocenters. The number of carboxylic acids is 1. The molecule has 0 saturated carbocycles. The topological polar surface area (TPSA) is 154 Å². The number of hydrogen-bond acceptors (Lipinski definition) is 7. The van der Waals surface area contributed by atoms with Crippen LogP contribution in [0.1, 0.15) is 48.7 Å². The highest BCUT2D eigenvalue weighted by Gasteiger charge is 2.28. The van der Waals surface area contributed by atoms with E-state index >= 15 is 0 Å². The van der Waals surface area contributed by atoms with Gasteiger partial charge in [-0.1, -0.05) is 15.9 Å². The van der Waals surface area contributed by atoms with E-state index in [4.69, 9.17) is 9.47 Å². The Morgan fingerprint density at radius 2 is 1.90 bits per heavy atom. The van der Waals surface area contributed by atoms with Crippen molar-refractivity contribution in [3.8, 4) is 17.9 Å². The van der Waals surface area contributed by atoms with Gasteiger partial charge in [0.05, 0.1) is 42.3 Å². The Balaban J connectivity index is 2.07. The molecule has 2 aromatic carbocycles. The number of benzene rings is 2. The highest BCUT2D eigenvalue weighted by molar-refractivity contribution is 9.10. The molecule has 200 valence electrons. The van der Waals surface area contributed by atoms with Crippen LogP contribution in [0.25, 0.3) is 22.6 Å². The summed E-state index contributed by atoms with van der Waals surface area (Å²) in [7, 11) is 1.47. The molecule has 3 rings (SSSR count). The Hall–Kier alpha value is -4.61. The first-order valence-corrected chi connectivity index (χ1v) is 12.4. The molecule has 1 atom stereocenters. The molecule has 0 fully saturated rings. The molecule has 10 nitrogen and oxygen atoms in total. The molecule has 11 heteroatoms. The van der Waals surface area contributed by atoms with Gasteiger partial charge in [0.2, 0.25) is 5.91 Å². The smallest absolute Gasteiger partial charge is 0.408 e. The number of carbonyl (C=O) groups is 3.